The van der Waals surface area contributed by atoms with Crippen molar-refractivity contribution >= 4 is 6.21 Å². The van der Waals surface area contributed by atoms with Crippen LogP contribution in [0, 0.1) is 17.1 Å². The molecule has 4 heteroatoms. The summed E-state index contributed by atoms with van der Waals surface area (Å²) < 4.78 is 12.7. The summed E-state index contributed by atoms with van der Waals surface area (Å²) in [6, 6.07) is 15.1. The Morgan fingerprint density at radius 3 is 2.42 bits per heavy atom. The number of nitrogens with zero attached hydrogens (tertiary/aromatic N) is 2. The predicted octanol–water partition coefficient (Wildman–Crippen LogP) is 3.25. The first-order chi connectivity index (χ1) is 9.28. The highest BCUT2D eigenvalue weighted by Gasteiger charge is 1.94. The standard InChI is InChI=1S/C15H11FN2O/c16-15-7-5-13(6-8-15)10-18-19-11-14-3-1-12(9-17)2-4-14/h1-8,10H,11H2. The van der Waals surface area contributed by atoms with E-state index in [0.717, 1.165) is 11.1 Å². The second-order valence-electron chi connectivity index (χ2n) is 3.87. The van der Waals surface area contributed by atoms with Gasteiger partial charge in [-0.05, 0) is 35.4 Å². The van der Waals surface area contributed by atoms with E-state index in [1.54, 1.807) is 24.3 Å². The van der Waals surface area contributed by atoms with E-state index >= 15 is 0 Å². The van der Waals surface area contributed by atoms with Crippen LogP contribution < -0.4 is 0 Å². The second-order valence-corrected chi connectivity index (χ2v) is 3.87. The van der Waals surface area contributed by atoms with Crippen molar-refractivity contribution in [3.63, 3.8) is 0 Å². The molecule has 2 aromatic rings. The molecule has 2 aromatic carbocycles. The van der Waals surface area contributed by atoms with Crippen LogP contribution in [0.2, 0.25) is 0 Å². The highest BCUT2D eigenvalue weighted by atomic mass is 19.1. The Kier molecular flexibility index (Phi) is 4.25. The third-order valence-electron chi connectivity index (χ3n) is 2.46. The van der Waals surface area contributed by atoms with Crippen LogP contribution in [0.15, 0.2) is 53.7 Å². The minimum Gasteiger partial charge on any atom is -0.391 e. The lowest BCUT2D eigenvalue weighted by molar-refractivity contribution is 0.132. The summed E-state index contributed by atoms with van der Waals surface area (Å²) in [5.41, 5.74) is 2.30. The molecular weight excluding hydrogens is 243 g/mol. The zero-order chi connectivity index (χ0) is 13.5. The largest absolute Gasteiger partial charge is 0.391 e. The Morgan fingerprint density at radius 1 is 1.11 bits per heavy atom. The highest BCUT2D eigenvalue weighted by Crippen LogP contribution is 2.05. The molecule has 94 valence electrons. The number of rotatable bonds is 4. The quantitative estimate of drug-likeness (QED) is 0.621. The molecule has 0 fully saturated rings. The van der Waals surface area contributed by atoms with Gasteiger partial charge in [-0.3, -0.25) is 0 Å². The van der Waals surface area contributed by atoms with Gasteiger partial charge in [0.2, 0.25) is 0 Å². The van der Waals surface area contributed by atoms with Gasteiger partial charge >= 0.3 is 0 Å². The van der Waals surface area contributed by atoms with E-state index in [-0.39, 0.29) is 5.82 Å². The van der Waals surface area contributed by atoms with E-state index in [4.69, 9.17) is 10.1 Å². The second kappa shape index (κ2) is 6.31. The molecule has 19 heavy (non-hydrogen) atoms. The van der Waals surface area contributed by atoms with Crippen molar-refractivity contribution < 1.29 is 9.23 Å². The molecule has 0 saturated heterocycles. The zero-order valence-corrected chi connectivity index (χ0v) is 10.1. The molecule has 0 unspecified atom stereocenters. The summed E-state index contributed by atoms with van der Waals surface area (Å²) >= 11 is 0. The fourth-order valence-electron chi connectivity index (χ4n) is 1.43. The summed E-state index contributed by atoms with van der Waals surface area (Å²) in [6.07, 6.45) is 1.52. The van der Waals surface area contributed by atoms with E-state index in [1.165, 1.54) is 18.3 Å². The van der Waals surface area contributed by atoms with Crippen LogP contribution in [-0.4, -0.2) is 6.21 Å². The van der Waals surface area contributed by atoms with Gasteiger partial charge in [-0.25, -0.2) is 4.39 Å². The van der Waals surface area contributed by atoms with Crippen LogP contribution in [0.3, 0.4) is 0 Å². The molecule has 3 nitrogen and oxygen atoms in total. The fourth-order valence-corrected chi connectivity index (χ4v) is 1.43. The lowest BCUT2D eigenvalue weighted by Gasteiger charge is -1.99. The van der Waals surface area contributed by atoms with E-state index in [9.17, 15) is 4.39 Å². The molecule has 0 aliphatic heterocycles. The van der Waals surface area contributed by atoms with Gasteiger partial charge in [-0.2, -0.15) is 5.26 Å². The Labute approximate surface area is 110 Å². The van der Waals surface area contributed by atoms with Gasteiger partial charge in [0.15, 0.2) is 0 Å². The first-order valence-corrected chi connectivity index (χ1v) is 5.68. The van der Waals surface area contributed by atoms with Crippen molar-refractivity contribution in [2.45, 2.75) is 6.61 Å². The summed E-state index contributed by atoms with van der Waals surface area (Å²) in [6.45, 7) is 0.323. The lowest BCUT2D eigenvalue weighted by Crippen LogP contribution is -1.88. The number of nitriles is 1. The summed E-state index contributed by atoms with van der Waals surface area (Å²) in [5, 5.41) is 12.5. The summed E-state index contributed by atoms with van der Waals surface area (Å²) in [7, 11) is 0. The third-order valence-corrected chi connectivity index (χ3v) is 2.46. The van der Waals surface area contributed by atoms with Crippen molar-refractivity contribution in [1.82, 2.24) is 0 Å². The Balaban J connectivity index is 1.85. The number of halogens is 1. The Morgan fingerprint density at radius 2 is 1.79 bits per heavy atom. The SMILES string of the molecule is N#Cc1ccc(CON=Cc2ccc(F)cc2)cc1. The molecule has 0 atom stereocenters. The maximum Gasteiger partial charge on any atom is 0.142 e. The molecule has 0 bridgehead atoms. The van der Waals surface area contributed by atoms with Crippen molar-refractivity contribution in [2.24, 2.45) is 5.16 Å². The van der Waals surface area contributed by atoms with E-state index < -0.39 is 0 Å². The highest BCUT2D eigenvalue weighted by molar-refractivity contribution is 5.78. The maximum absolute atomic E-state index is 12.7. The van der Waals surface area contributed by atoms with Gasteiger partial charge in [0.25, 0.3) is 0 Å². The molecule has 0 aromatic heterocycles. The van der Waals surface area contributed by atoms with Gasteiger partial charge in [-0.1, -0.05) is 29.4 Å². The van der Waals surface area contributed by atoms with E-state index in [1.807, 2.05) is 18.2 Å². The van der Waals surface area contributed by atoms with Gasteiger partial charge in [-0.15, -0.1) is 0 Å². The molecular formula is C15H11FN2O. The lowest BCUT2D eigenvalue weighted by atomic mass is 10.2. The van der Waals surface area contributed by atoms with Gasteiger partial charge in [0.05, 0.1) is 17.8 Å². The zero-order valence-electron chi connectivity index (χ0n) is 10.1. The van der Waals surface area contributed by atoms with Crippen LogP contribution >= 0.6 is 0 Å². The monoisotopic (exact) mass is 254 g/mol. The smallest absolute Gasteiger partial charge is 0.142 e. The molecule has 0 saturated carbocycles. The third kappa shape index (κ3) is 3.93. The van der Waals surface area contributed by atoms with Crippen LogP contribution in [0.4, 0.5) is 4.39 Å². The minimum atomic E-state index is -0.282. The van der Waals surface area contributed by atoms with E-state index in [2.05, 4.69) is 5.16 Å². The first-order valence-electron chi connectivity index (χ1n) is 5.68. The minimum absolute atomic E-state index is 0.282. The number of hydrogen-bond donors (Lipinski definition) is 0. The number of oxime groups is 1. The molecule has 0 heterocycles. The number of hydrogen-bond acceptors (Lipinski definition) is 3. The van der Waals surface area contributed by atoms with Crippen LogP contribution in [0.25, 0.3) is 0 Å². The average Bonchev–Trinajstić information content (AvgIpc) is 2.46. The molecule has 0 aliphatic carbocycles. The van der Waals surface area contributed by atoms with Crippen molar-refractivity contribution in [1.29, 1.82) is 5.26 Å². The molecule has 2 rings (SSSR count). The molecule has 0 amide bonds. The maximum atomic E-state index is 12.7. The van der Waals surface area contributed by atoms with E-state index in [0.29, 0.717) is 12.2 Å². The molecule has 0 aliphatic rings. The fraction of sp³-hybridized carbons (Fsp3) is 0.0667. The molecule has 0 N–H and O–H groups in total. The Hall–Kier alpha value is -2.67. The van der Waals surface area contributed by atoms with Gasteiger partial charge < -0.3 is 4.84 Å². The van der Waals surface area contributed by atoms with Crippen molar-refractivity contribution in [3.05, 3.63) is 71.0 Å². The average molecular weight is 254 g/mol. The number of benzene rings is 2. The van der Waals surface area contributed by atoms with Crippen LogP contribution in [-0.2, 0) is 11.4 Å². The predicted molar refractivity (Wildman–Crippen MR) is 69.9 cm³/mol. The van der Waals surface area contributed by atoms with Crippen LogP contribution in [0.5, 0.6) is 0 Å². The van der Waals surface area contributed by atoms with Gasteiger partial charge in [0, 0.05) is 0 Å². The van der Waals surface area contributed by atoms with Crippen LogP contribution in [0.1, 0.15) is 16.7 Å². The summed E-state index contributed by atoms with van der Waals surface area (Å²) in [4.78, 5) is 5.12. The summed E-state index contributed by atoms with van der Waals surface area (Å²) in [5.74, 6) is -0.282. The van der Waals surface area contributed by atoms with Crippen molar-refractivity contribution in [2.75, 3.05) is 0 Å². The van der Waals surface area contributed by atoms with Gasteiger partial charge in [0.1, 0.15) is 12.4 Å². The topological polar surface area (TPSA) is 45.4 Å². The molecule has 0 radical (unpaired) electrons. The molecule has 0 spiro atoms. The van der Waals surface area contributed by atoms with Crippen molar-refractivity contribution in [3.8, 4) is 6.07 Å². The Bertz CT molecular complexity index is 598. The first kappa shape index (κ1) is 12.8. The normalized spacial score (nSPS) is 10.3.